The molecule has 4 aromatic rings. The van der Waals surface area contributed by atoms with E-state index in [0.29, 0.717) is 17.3 Å². The number of fused-ring (bicyclic) bond motifs is 1. The van der Waals surface area contributed by atoms with Gasteiger partial charge in [0.05, 0.1) is 23.4 Å². The standard InChI is InChI=1S/C29H31N7O4/c1-28(2,3)22-16-24(32-27(39)31-23-15-12-19-8-6-7-9-21(19)30-23)36(33-22)20-13-10-18(11-14-20)17-35-26(38)29(4,40)25(37)34(35)5/h6-16,40H,17H2,1-5H3,(H2,30,31,32,39). The molecule has 0 aliphatic carbocycles. The Balaban J connectivity index is 1.37. The van der Waals surface area contributed by atoms with Crippen molar-refractivity contribution in [2.24, 2.45) is 0 Å². The number of aromatic nitrogens is 3. The van der Waals surface area contributed by atoms with Crippen molar-refractivity contribution in [3.05, 3.63) is 78.0 Å². The Hall–Kier alpha value is -4.77. The number of nitrogens with one attached hydrogen (secondary N) is 2. The lowest BCUT2D eigenvalue weighted by atomic mass is 9.92. The summed E-state index contributed by atoms with van der Waals surface area (Å²) in [6.07, 6.45) is 0. The first kappa shape index (κ1) is 26.8. The molecular formula is C29H31N7O4. The number of nitrogens with zero attached hydrogens (tertiary/aromatic N) is 5. The number of anilines is 2. The third kappa shape index (κ3) is 4.98. The number of hydrogen-bond donors (Lipinski definition) is 3. The Kier molecular flexibility index (Phi) is 6.54. The number of rotatable bonds is 5. The van der Waals surface area contributed by atoms with Crippen molar-refractivity contribution in [3.8, 4) is 5.69 Å². The lowest BCUT2D eigenvalue weighted by molar-refractivity contribution is -0.147. The highest BCUT2D eigenvalue weighted by Gasteiger charge is 2.52. The Morgan fingerprint density at radius 1 is 0.975 bits per heavy atom. The number of pyridine rings is 1. The molecule has 11 nitrogen and oxygen atoms in total. The number of hydrazine groups is 1. The van der Waals surface area contributed by atoms with Crippen molar-refractivity contribution in [1.82, 2.24) is 24.8 Å². The highest BCUT2D eigenvalue weighted by atomic mass is 16.3. The largest absolute Gasteiger partial charge is 0.372 e. The molecule has 3 N–H and O–H groups in total. The van der Waals surface area contributed by atoms with E-state index in [2.05, 4.69) is 15.6 Å². The zero-order valence-corrected chi connectivity index (χ0v) is 23.0. The van der Waals surface area contributed by atoms with E-state index < -0.39 is 23.4 Å². The Labute approximate surface area is 231 Å². The summed E-state index contributed by atoms with van der Waals surface area (Å²) >= 11 is 0. The molecule has 2 aromatic carbocycles. The van der Waals surface area contributed by atoms with Gasteiger partial charge in [-0.1, -0.05) is 51.1 Å². The average molecular weight is 542 g/mol. The SMILES string of the molecule is CN1C(=O)C(C)(O)C(=O)N1Cc1ccc(-n2nc(C(C)(C)C)cc2NC(=O)Nc2ccc3ccccc3n2)cc1. The van der Waals surface area contributed by atoms with E-state index in [4.69, 9.17) is 5.10 Å². The van der Waals surface area contributed by atoms with Crippen LogP contribution in [0.5, 0.6) is 0 Å². The second-order valence-corrected chi connectivity index (χ2v) is 11.0. The van der Waals surface area contributed by atoms with Gasteiger partial charge in [-0.2, -0.15) is 5.10 Å². The van der Waals surface area contributed by atoms with E-state index >= 15 is 0 Å². The number of hydrogen-bond acceptors (Lipinski definition) is 6. The predicted molar refractivity (Wildman–Crippen MR) is 151 cm³/mol. The van der Waals surface area contributed by atoms with Crippen LogP contribution in [0.25, 0.3) is 16.6 Å². The van der Waals surface area contributed by atoms with Gasteiger partial charge in [-0.15, -0.1) is 0 Å². The molecule has 0 spiro atoms. The van der Waals surface area contributed by atoms with Crippen LogP contribution in [0.4, 0.5) is 16.4 Å². The highest BCUT2D eigenvalue weighted by Crippen LogP contribution is 2.28. The number of benzene rings is 2. The monoisotopic (exact) mass is 541 g/mol. The number of urea groups is 1. The maximum atomic E-state index is 13.0. The molecule has 1 aliphatic heterocycles. The Bertz CT molecular complexity index is 1620. The van der Waals surface area contributed by atoms with Crippen molar-refractivity contribution >= 4 is 40.4 Å². The Morgan fingerprint density at radius 3 is 2.33 bits per heavy atom. The first-order chi connectivity index (χ1) is 18.8. The zero-order chi connectivity index (χ0) is 28.8. The maximum absolute atomic E-state index is 13.0. The van der Waals surface area contributed by atoms with Gasteiger partial charge in [-0.3, -0.25) is 25.2 Å². The van der Waals surface area contributed by atoms with Crippen molar-refractivity contribution < 1.29 is 19.5 Å². The van der Waals surface area contributed by atoms with Crippen LogP contribution in [0.1, 0.15) is 39.0 Å². The van der Waals surface area contributed by atoms with Gasteiger partial charge < -0.3 is 5.11 Å². The second kappa shape index (κ2) is 9.76. The van der Waals surface area contributed by atoms with Crippen molar-refractivity contribution in [2.75, 3.05) is 17.7 Å². The summed E-state index contributed by atoms with van der Waals surface area (Å²) < 4.78 is 1.64. The molecule has 4 amide bonds. The molecule has 1 aliphatic rings. The Morgan fingerprint density at radius 2 is 1.68 bits per heavy atom. The summed E-state index contributed by atoms with van der Waals surface area (Å²) in [6.45, 7) is 7.40. The molecule has 40 heavy (non-hydrogen) atoms. The lowest BCUT2D eigenvalue weighted by Gasteiger charge is -2.23. The van der Waals surface area contributed by atoms with Gasteiger partial charge in [-0.25, -0.2) is 19.5 Å². The van der Waals surface area contributed by atoms with Crippen LogP contribution in [-0.2, 0) is 21.5 Å². The van der Waals surface area contributed by atoms with Gasteiger partial charge in [0.25, 0.3) is 11.8 Å². The van der Waals surface area contributed by atoms with Gasteiger partial charge in [0, 0.05) is 23.9 Å². The summed E-state index contributed by atoms with van der Waals surface area (Å²) in [6, 6.07) is 19.9. The quantitative estimate of drug-likeness (QED) is 0.329. The highest BCUT2D eigenvalue weighted by molar-refractivity contribution is 6.12. The molecule has 206 valence electrons. The molecule has 1 saturated heterocycles. The summed E-state index contributed by atoms with van der Waals surface area (Å²) in [7, 11) is 1.45. The van der Waals surface area contributed by atoms with Crippen LogP contribution in [0.15, 0.2) is 66.7 Å². The summed E-state index contributed by atoms with van der Waals surface area (Å²) in [5.74, 6) is -0.466. The number of aliphatic hydroxyl groups is 1. The van der Waals surface area contributed by atoms with Crippen LogP contribution in [0, 0.1) is 0 Å². The van der Waals surface area contributed by atoms with Gasteiger partial charge in [0.1, 0.15) is 11.6 Å². The number of carbonyl (C=O) groups excluding carboxylic acids is 3. The molecule has 0 radical (unpaired) electrons. The predicted octanol–water partition coefficient (Wildman–Crippen LogP) is 3.83. The van der Waals surface area contributed by atoms with Crippen molar-refractivity contribution in [3.63, 3.8) is 0 Å². The minimum Gasteiger partial charge on any atom is -0.372 e. The van der Waals surface area contributed by atoms with Gasteiger partial charge in [0.2, 0.25) is 5.60 Å². The summed E-state index contributed by atoms with van der Waals surface area (Å²) in [5.41, 5.74) is 0.629. The fourth-order valence-electron chi connectivity index (χ4n) is 4.43. The van der Waals surface area contributed by atoms with Crippen LogP contribution >= 0.6 is 0 Å². The van der Waals surface area contributed by atoms with Crippen LogP contribution < -0.4 is 10.6 Å². The number of carbonyl (C=O) groups is 3. The average Bonchev–Trinajstić information content (AvgIpc) is 3.39. The minimum atomic E-state index is -2.07. The maximum Gasteiger partial charge on any atom is 0.326 e. The molecule has 2 aromatic heterocycles. The number of para-hydroxylation sites is 1. The lowest BCUT2D eigenvalue weighted by Crippen LogP contribution is -2.40. The van der Waals surface area contributed by atoms with E-state index in [1.807, 2.05) is 69.3 Å². The third-order valence-corrected chi connectivity index (χ3v) is 6.80. The molecule has 5 rings (SSSR count). The van der Waals surface area contributed by atoms with Gasteiger partial charge >= 0.3 is 6.03 Å². The number of amides is 4. The minimum absolute atomic E-state index is 0.107. The fraction of sp³-hybridized carbons (Fsp3) is 0.276. The van der Waals surface area contributed by atoms with E-state index in [9.17, 15) is 19.5 Å². The van der Waals surface area contributed by atoms with Crippen LogP contribution in [0.2, 0.25) is 0 Å². The zero-order valence-electron chi connectivity index (χ0n) is 23.0. The third-order valence-electron chi connectivity index (χ3n) is 6.80. The molecule has 1 atom stereocenters. The molecular weight excluding hydrogens is 510 g/mol. The van der Waals surface area contributed by atoms with E-state index in [1.165, 1.54) is 19.0 Å². The van der Waals surface area contributed by atoms with Crippen LogP contribution in [-0.4, -0.2) is 60.4 Å². The van der Waals surface area contributed by atoms with Crippen molar-refractivity contribution in [1.29, 1.82) is 0 Å². The number of likely N-dealkylation sites (N-methyl/N-ethyl adjacent to an activating group) is 1. The molecule has 1 unspecified atom stereocenters. The molecule has 0 bridgehead atoms. The van der Waals surface area contributed by atoms with Gasteiger partial charge in [0.15, 0.2) is 0 Å². The van der Waals surface area contributed by atoms with Gasteiger partial charge in [-0.05, 0) is 42.8 Å². The summed E-state index contributed by atoms with van der Waals surface area (Å²) in [4.78, 5) is 42.2. The van der Waals surface area contributed by atoms with Crippen molar-refractivity contribution in [2.45, 2.75) is 45.3 Å². The molecule has 3 heterocycles. The fourth-order valence-corrected chi connectivity index (χ4v) is 4.43. The molecule has 1 fully saturated rings. The van der Waals surface area contributed by atoms with E-state index in [1.54, 1.807) is 22.9 Å². The van der Waals surface area contributed by atoms with Crippen LogP contribution in [0.3, 0.4) is 0 Å². The van der Waals surface area contributed by atoms with E-state index in [0.717, 1.165) is 27.2 Å². The second-order valence-electron chi connectivity index (χ2n) is 11.0. The van der Waals surface area contributed by atoms with E-state index in [-0.39, 0.29) is 12.0 Å². The smallest absolute Gasteiger partial charge is 0.326 e. The molecule has 0 saturated carbocycles. The molecule has 11 heteroatoms. The first-order valence-corrected chi connectivity index (χ1v) is 12.8. The topological polar surface area (TPSA) is 133 Å². The normalized spacial score (nSPS) is 17.6. The summed E-state index contributed by atoms with van der Waals surface area (Å²) in [5, 5.41) is 23.9. The first-order valence-electron chi connectivity index (χ1n) is 12.8.